The first-order valence-electron chi connectivity index (χ1n) is 7.50. The molecule has 0 saturated carbocycles. The predicted octanol–water partition coefficient (Wildman–Crippen LogP) is 5.59. The lowest BCUT2D eigenvalue weighted by Crippen LogP contribution is -2.47. The van der Waals surface area contributed by atoms with Crippen molar-refractivity contribution in [2.75, 3.05) is 0 Å². The van der Waals surface area contributed by atoms with E-state index >= 15 is 0 Å². The molecule has 26 heavy (non-hydrogen) atoms. The van der Waals surface area contributed by atoms with Gasteiger partial charge < -0.3 is 10.1 Å². The number of H-pyrrole nitrogens is 1. The maximum Gasteiger partial charge on any atom is 0.425 e. The van der Waals surface area contributed by atoms with Gasteiger partial charge in [0.1, 0.15) is 5.82 Å². The molecule has 0 saturated heterocycles. The number of aromatic nitrogens is 2. The Balaban J connectivity index is 2.24. The minimum absolute atomic E-state index is 0.149. The number of benzene rings is 2. The first kappa shape index (κ1) is 18.8. The molecule has 1 heterocycles. The summed E-state index contributed by atoms with van der Waals surface area (Å²) < 4.78 is 42.0. The SMILES string of the molecule is C=CC(c1ccccc1)C(O)(c1nc2cc(Cl)c(Cl)cc2[nH]1)C(F)(F)F. The number of aliphatic hydroxyl groups is 1. The smallest absolute Gasteiger partial charge is 0.373 e. The van der Waals surface area contributed by atoms with Gasteiger partial charge in [0, 0.05) is 5.92 Å². The number of nitrogens with one attached hydrogen (secondary N) is 1. The third-order valence-electron chi connectivity index (χ3n) is 4.16. The van der Waals surface area contributed by atoms with Gasteiger partial charge in [-0.1, -0.05) is 59.6 Å². The summed E-state index contributed by atoms with van der Waals surface area (Å²) in [4.78, 5) is 6.45. The first-order chi connectivity index (χ1) is 12.2. The van der Waals surface area contributed by atoms with Crippen molar-refractivity contribution < 1.29 is 18.3 Å². The molecule has 0 amide bonds. The zero-order valence-electron chi connectivity index (χ0n) is 13.2. The highest BCUT2D eigenvalue weighted by atomic mass is 35.5. The average molecular weight is 401 g/mol. The molecule has 0 radical (unpaired) electrons. The highest BCUT2D eigenvalue weighted by molar-refractivity contribution is 6.42. The molecule has 0 aliphatic carbocycles. The van der Waals surface area contributed by atoms with E-state index in [0.717, 1.165) is 6.08 Å². The molecule has 0 aliphatic rings. The highest BCUT2D eigenvalue weighted by Crippen LogP contribution is 2.48. The molecule has 2 aromatic carbocycles. The molecule has 0 aliphatic heterocycles. The van der Waals surface area contributed by atoms with Crippen molar-refractivity contribution in [1.82, 2.24) is 9.97 Å². The van der Waals surface area contributed by atoms with Crippen LogP contribution in [0.25, 0.3) is 11.0 Å². The van der Waals surface area contributed by atoms with Crippen LogP contribution in [0.3, 0.4) is 0 Å². The van der Waals surface area contributed by atoms with Crippen molar-refractivity contribution in [3.8, 4) is 0 Å². The van der Waals surface area contributed by atoms with E-state index < -0.39 is 23.5 Å². The van der Waals surface area contributed by atoms with E-state index in [1.807, 2.05) is 0 Å². The molecule has 2 unspecified atom stereocenters. The molecule has 0 spiro atoms. The summed E-state index contributed by atoms with van der Waals surface area (Å²) in [6.45, 7) is 3.48. The lowest BCUT2D eigenvalue weighted by atomic mass is 9.80. The van der Waals surface area contributed by atoms with E-state index in [9.17, 15) is 18.3 Å². The number of fused-ring (bicyclic) bond motifs is 1. The fourth-order valence-corrected chi connectivity index (χ4v) is 3.17. The third-order valence-corrected chi connectivity index (χ3v) is 4.88. The zero-order chi connectivity index (χ0) is 19.1. The van der Waals surface area contributed by atoms with Crippen LogP contribution in [-0.4, -0.2) is 21.3 Å². The van der Waals surface area contributed by atoms with Gasteiger partial charge >= 0.3 is 6.18 Å². The van der Waals surface area contributed by atoms with Crippen LogP contribution in [0.1, 0.15) is 17.3 Å². The van der Waals surface area contributed by atoms with Crippen molar-refractivity contribution in [3.63, 3.8) is 0 Å². The number of hydrogen-bond donors (Lipinski definition) is 2. The van der Waals surface area contributed by atoms with Crippen LogP contribution in [-0.2, 0) is 5.60 Å². The number of nitrogens with zero attached hydrogens (tertiary/aromatic N) is 1. The third kappa shape index (κ3) is 2.98. The summed E-state index contributed by atoms with van der Waals surface area (Å²) >= 11 is 11.8. The zero-order valence-corrected chi connectivity index (χ0v) is 14.7. The summed E-state index contributed by atoms with van der Waals surface area (Å²) in [5.41, 5.74) is -2.67. The minimum atomic E-state index is -5.02. The van der Waals surface area contributed by atoms with Crippen molar-refractivity contribution in [2.45, 2.75) is 17.7 Å². The average Bonchev–Trinajstić information content (AvgIpc) is 2.99. The number of halogens is 5. The summed E-state index contributed by atoms with van der Waals surface area (Å²) in [5, 5.41) is 11.1. The van der Waals surface area contributed by atoms with Gasteiger partial charge in [0.25, 0.3) is 0 Å². The fraction of sp³-hybridized carbons (Fsp3) is 0.167. The Morgan fingerprint density at radius 1 is 1.12 bits per heavy atom. The van der Waals surface area contributed by atoms with Crippen LogP contribution in [0.2, 0.25) is 10.0 Å². The quantitative estimate of drug-likeness (QED) is 0.560. The van der Waals surface area contributed by atoms with Gasteiger partial charge in [-0.15, -0.1) is 6.58 Å². The molecule has 3 nitrogen and oxygen atoms in total. The van der Waals surface area contributed by atoms with Gasteiger partial charge in [-0.25, -0.2) is 4.98 Å². The van der Waals surface area contributed by atoms with Crippen LogP contribution in [0, 0.1) is 0 Å². The van der Waals surface area contributed by atoms with Gasteiger partial charge in [0.15, 0.2) is 0 Å². The van der Waals surface area contributed by atoms with Gasteiger partial charge in [-0.2, -0.15) is 13.2 Å². The maximum absolute atomic E-state index is 14.0. The van der Waals surface area contributed by atoms with E-state index in [0.29, 0.717) is 0 Å². The molecule has 136 valence electrons. The Morgan fingerprint density at radius 3 is 2.31 bits per heavy atom. The highest BCUT2D eigenvalue weighted by Gasteiger charge is 2.61. The second-order valence-electron chi connectivity index (χ2n) is 5.76. The predicted molar refractivity (Wildman–Crippen MR) is 95.4 cm³/mol. The van der Waals surface area contributed by atoms with Crippen molar-refractivity contribution in [3.05, 3.63) is 76.6 Å². The number of rotatable bonds is 4. The molecule has 2 N–H and O–H groups in total. The lowest BCUT2D eigenvalue weighted by Gasteiger charge is -2.34. The maximum atomic E-state index is 14.0. The molecule has 0 fully saturated rings. The lowest BCUT2D eigenvalue weighted by molar-refractivity contribution is -0.274. The number of imidazole rings is 1. The van der Waals surface area contributed by atoms with E-state index in [-0.39, 0.29) is 26.6 Å². The largest absolute Gasteiger partial charge is 0.425 e. The molecule has 3 rings (SSSR count). The van der Waals surface area contributed by atoms with E-state index in [1.165, 1.54) is 24.3 Å². The summed E-state index contributed by atoms with van der Waals surface area (Å²) in [6.07, 6.45) is -3.97. The van der Waals surface area contributed by atoms with Crippen LogP contribution in [0.15, 0.2) is 55.1 Å². The van der Waals surface area contributed by atoms with Crippen molar-refractivity contribution >= 4 is 34.2 Å². The van der Waals surface area contributed by atoms with Gasteiger partial charge in [0.2, 0.25) is 5.60 Å². The summed E-state index contributed by atoms with van der Waals surface area (Å²) in [7, 11) is 0. The Bertz CT molecular complexity index is 917. The van der Waals surface area contributed by atoms with Crippen LogP contribution in [0.4, 0.5) is 13.2 Å². The van der Waals surface area contributed by atoms with Crippen LogP contribution < -0.4 is 0 Å². The second kappa shape index (κ2) is 6.61. The van der Waals surface area contributed by atoms with Gasteiger partial charge in [0.05, 0.1) is 21.1 Å². The number of alkyl halides is 3. The van der Waals surface area contributed by atoms with Crippen molar-refractivity contribution in [2.24, 2.45) is 0 Å². The number of hydrogen-bond acceptors (Lipinski definition) is 2. The molecule has 0 bridgehead atoms. The Kier molecular flexibility index (Phi) is 4.77. The topological polar surface area (TPSA) is 48.9 Å². The minimum Gasteiger partial charge on any atom is -0.373 e. The standard InChI is InChI=1S/C18H13Cl2F3N2O/c1-2-11(10-6-4-3-5-7-10)17(26,18(21,22)23)16-24-14-8-12(19)13(20)9-15(14)25-16/h2-9,11,26H,1H2,(H,24,25). The van der Waals surface area contributed by atoms with Gasteiger partial charge in [-0.3, -0.25) is 0 Å². The molecule has 1 aromatic heterocycles. The van der Waals surface area contributed by atoms with E-state index in [1.54, 1.807) is 18.2 Å². The summed E-state index contributed by atoms with van der Waals surface area (Å²) in [5.74, 6) is -2.14. The monoisotopic (exact) mass is 400 g/mol. The molecular formula is C18H13Cl2F3N2O. The van der Waals surface area contributed by atoms with E-state index in [4.69, 9.17) is 23.2 Å². The van der Waals surface area contributed by atoms with Gasteiger partial charge in [-0.05, 0) is 17.7 Å². The molecular weight excluding hydrogens is 388 g/mol. The van der Waals surface area contributed by atoms with Crippen molar-refractivity contribution in [1.29, 1.82) is 0 Å². The van der Waals surface area contributed by atoms with E-state index in [2.05, 4.69) is 16.5 Å². The molecule has 8 heteroatoms. The summed E-state index contributed by atoms with van der Waals surface area (Å²) in [6, 6.07) is 10.5. The molecule has 3 aromatic rings. The molecule has 2 atom stereocenters. The Morgan fingerprint density at radius 2 is 1.73 bits per heavy atom. The first-order valence-corrected chi connectivity index (χ1v) is 8.26. The van der Waals surface area contributed by atoms with Crippen LogP contribution in [0.5, 0.6) is 0 Å². The Labute approximate surface area is 157 Å². The Hall–Kier alpha value is -2.02. The second-order valence-corrected chi connectivity index (χ2v) is 6.57. The number of aromatic amines is 1. The van der Waals surface area contributed by atoms with Crippen LogP contribution >= 0.6 is 23.2 Å². The normalized spacial score (nSPS) is 15.6. The fourth-order valence-electron chi connectivity index (χ4n) is 2.85.